The molecule has 0 saturated heterocycles. The van der Waals surface area contributed by atoms with Crippen molar-refractivity contribution in [3.05, 3.63) is 89.5 Å². The van der Waals surface area contributed by atoms with E-state index in [4.69, 9.17) is 4.74 Å². The standard InChI is InChI=1S/C33H41N3O5S/c1-5-31(33(38)34-27-12-8-9-13-27)35(22-26-11-7-6-10-25(26)3)32(37)23-36(28-16-14-24(2)15-17-28)42(39,40)30-20-18-29(41-4)19-21-30/h6-7,10-11,14-21,27,31H,5,8-9,12-13,22-23H2,1-4H3,(H,34,38). The molecule has 9 heteroatoms. The lowest BCUT2D eigenvalue weighted by molar-refractivity contribution is -0.140. The van der Waals surface area contributed by atoms with Gasteiger partial charge in [0, 0.05) is 12.6 Å². The van der Waals surface area contributed by atoms with Crippen LogP contribution in [0.25, 0.3) is 0 Å². The van der Waals surface area contributed by atoms with Crippen LogP contribution < -0.4 is 14.4 Å². The van der Waals surface area contributed by atoms with Crippen molar-refractivity contribution >= 4 is 27.5 Å². The molecule has 1 fully saturated rings. The molecule has 1 saturated carbocycles. The molecular formula is C33H41N3O5S. The average molecular weight is 592 g/mol. The number of benzene rings is 3. The molecule has 42 heavy (non-hydrogen) atoms. The lowest BCUT2D eigenvalue weighted by Gasteiger charge is -2.34. The Hall–Kier alpha value is -3.85. The first-order valence-corrected chi connectivity index (χ1v) is 16.0. The first-order valence-electron chi connectivity index (χ1n) is 14.5. The molecule has 1 N–H and O–H groups in total. The largest absolute Gasteiger partial charge is 0.497 e. The Balaban J connectivity index is 1.71. The van der Waals surface area contributed by atoms with E-state index < -0.39 is 28.5 Å². The molecule has 0 aliphatic heterocycles. The topological polar surface area (TPSA) is 96.0 Å². The van der Waals surface area contributed by atoms with Crippen LogP contribution >= 0.6 is 0 Å². The van der Waals surface area contributed by atoms with Crippen molar-refractivity contribution in [3.63, 3.8) is 0 Å². The molecule has 1 aliphatic carbocycles. The Morgan fingerprint density at radius 2 is 1.60 bits per heavy atom. The van der Waals surface area contributed by atoms with Crippen LogP contribution in [0, 0.1) is 13.8 Å². The molecule has 2 amide bonds. The number of anilines is 1. The molecule has 0 heterocycles. The van der Waals surface area contributed by atoms with Gasteiger partial charge in [-0.2, -0.15) is 0 Å². The third-order valence-electron chi connectivity index (χ3n) is 7.94. The van der Waals surface area contributed by atoms with Crippen molar-refractivity contribution in [1.82, 2.24) is 10.2 Å². The van der Waals surface area contributed by atoms with Crippen LogP contribution in [0.3, 0.4) is 0 Å². The van der Waals surface area contributed by atoms with Crippen molar-refractivity contribution in [2.75, 3.05) is 18.0 Å². The summed E-state index contributed by atoms with van der Waals surface area (Å²) in [7, 11) is -2.63. The summed E-state index contributed by atoms with van der Waals surface area (Å²) in [4.78, 5) is 29.4. The molecule has 1 atom stereocenters. The number of nitrogens with zero attached hydrogens (tertiary/aromatic N) is 2. The number of aryl methyl sites for hydroxylation is 2. The lowest BCUT2D eigenvalue weighted by Crippen LogP contribution is -2.53. The van der Waals surface area contributed by atoms with Crippen LogP contribution in [0.5, 0.6) is 5.75 Å². The van der Waals surface area contributed by atoms with Gasteiger partial charge in [-0.3, -0.25) is 13.9 Å². The van der Waals surface area contributed by atoms with E-state index in [0.29, 0.717) is 17.9 Å². The quantitative estimate of drug-likeness (QED) is 0.305. The van der Waals surface area contributed by atoms with E-state index in [9.17, 15) is 18.0 Å². The highest BCUT2D eigenvalue weighted by Crippen LogP contribution is 2.27. The van der Waals surface area contributed by atoms with E-state index in [0.717, 1.165) is 46.7 Å². The monoisotopic (exact) mass is 591 g/mol. The van der Waals surface area contributed by atoms with Crippen LogP contribution in [0.4, 0.5) is 5.69 Å². The maximum Gasteiger partial charge on any atom is 0.264 e. The Bertz CT molecular complexity index is 1470. The van der Waals surface area contributed by atoms with Crippen LogP contribution in [-0.4, -0.2) is 50.9 Å². The fraction of sp³-hybridized carbons (Fsp3) is 0.394. The molecule has 0 radical (unpaired) electrons. The van der Waals surface area contributed by atoms with E-state index >= 15 is 0 Å². The van der Waals surface area contributed by atoms with Crippen LogP contribution in [0.2, 0.25) is 0 Å². The molecule has 3 aromatic carbocycles. The molecule has 0 aromatic heterocycles. The fourth-order valence-corrected chi connectivity index (χ4v) is 6.79. The van der Waals surface area contributed by atoms with Gasteiger partial charge in [0.2, 0.25) is 11.8 Å². The fourth-order valence-electron chi connectivity index (χ4n) is 5.37. The summed E-state index contributed by atoms with van der Waals surface area (Å²) < 4.78 is 34.4. The minimum Gasteiger partial charge on any atom is -0.497 e. The number of methoxy groups -OCH3 is 1. The van der Waals surface area contributed by atoms with Gasteiger partial charge in [-0.25, -0.2) is 8.42 Å². The molecule has 224 valence electrons. The van der Waals surface area contributed by atoms with Crippen molar-refractivity contribution in [3.8, 4) is 5.75 Å². The second kappa shape index (κ2) is 13.9. The highest BCUT2D eigenvalue weighted by molar-refractivity contribution is 7.92. The number of carbonyl (C=O) groups excluding carboxylic acids is 2. The van der Waals surface area contributed by atoms with Gasteiger partial charge in [-0.1, -0.05) is 61.7 Å². The second-order valence-electron chi connectivity index (χ2n) is 10.9. The van der Waals surface area contributed by atoms with Gasteiger partial charge in [0.25, 0.3) is 10.0 Å². The van der Waals surface area contributed by atoms with Crippen LogP contribution in [-0.2, 0) is 26.2 Å². The maximum atomic E-state index is 14.2. The minimum absolute atomic E-state index is 0.0353. The molecule has 1 unspecified atom stereocenters. The molecule has 0 spiro atoms. The van der Waals surface area contributed by atoms with Gasteiger partial charge < -0.3 is 15.0 Å². The number of nitrogens with one attached hydrogen (secondary N) is 1. The van der Waals surface area contributed by atoms with Crippen molar-refractivity contribution in [1.29, 1.82) is 0 Å². The Morgan fingerprint density at radius 3 is 2.19 bits per heavy atom. The van der Waals surface area contributed by atoms with Gasteiger partial charge in [0.1, 0.15) is 18.3 Å². The van der Waals surface area contributed by atoms with Crippen molar-refractivity contribution in [2.45, 2.75) is 76.4 Å². The molecule has 4 rings (SSSR count). The zero-order valence-electron chi connectivity index (χ0n) is 24.9. The Labute approximate surface area is 249 Å². The normalized spacial score (nSPS) is 14.3. The summed E-state index contributed by atoms with van der Waals surface area (Å²) in [5, 5.41) is 3.15. The number of rotatable bonds is 12. The van der Waals surface area contributed by atoms with Gasteiger partial charge in [-0.15, -0.1) is 0 Å². The predicted molar refractivity (Wildman–Crippen MR) is 165 cm³/mol. The van der Waals surface area contributed by atoms with Gasteiger partial charge in [0.05, 0.1) is 17.7 Å². The van der Waals surface area contributed by atoms with E-state index in [1.165, 1.54) is 24.1 Å². The first-order chi connectivity index (χ1) is 20.1. The van der Waals surface area contributed by atoms with Crippen molar-refractivity contribution in [2.24, 2.45) is 0 Å². The first kappa shape index (κ1) is 31.1. The molecule has 3 aromatic rings. The summed E-state index contributed by atoms with van der Waals surface area (Å²) in [6, 6.07) is 20.2. The number of hydrogen-bond acceptors (Lipinski definition) is 5. The van der Waals surface area contributed by atoms with Gasteiger partial charge in [-0.05, 0) is 80.6 Å². The molecular weight excluding hydrogens is 550 g/mol. The van der Waals surface area contributed by atoms with E-state index in [2.05, 4.69) is 5.32 Å². The van der Waals surface area contributed by atoms with Crippen LogP contribution in [0.15, 0.2) is 77.7 Å². The smallest absolute Gasteiger partial charge is 0.264 e. The summed E-state index contributed by atoms with van der Waals surface area (Å²) in [6.07, 6.45) is 4.39. The number of carbonyl (C=O) groups is 2. The third kappa shape index (κ3) is 7.31. The third-order valence-corrected chi connectivity index (χ3v) is 9.73. The highest BCUT2D eigenvalue weighted by atomic mass is 32.2. The Kier molecular flexibility index (Phi) is 10.3. The molecule has 0 bridgehead atoms. The van der Waals surface area contributed by atoms with Crippen LogP contribution in [0.1, 0.15) is 55.7 Å². The molecule has 8 nitrogen and oxygen atoms in total. The number of hydrogen-bond donors (Lipinski definition) is 1. The van der Waals surface area contributed by atoms with E-state index in [1.807, 2.05) is 57.2 Å². The number of sulfonamides is 1. The summed E-state index contributed by atoms with van der Waals surface area (Å²) >= 11 is 0. The number of ether oxygens (including phenoxy) is 1. The zero-order chi connectivity index (χ0) is 30.3. The SMILES string of the molecule is CCC(C(=O)NC1CCCC1)N(Cc1ccccc1C)C(=O)CN(c1ccc(C)cc1)S(=O)(=O)c1ccc(OC)cc1. The summed E-state index contributed by atoms with van der Waals surface area (Å²) in [5.41, 5.74) is 3.22. The summed E-state index contributed by atoms with van der Waals surface area (Å²) in [5.74, 6) is -0.133. The highest BCUT2D eigenvalue weighted by Gasteiger charge is 2.34. The van der Waals surface area contributed by atoms with Gasteiger partial charge in [0.15, 0.2) is 0 Å². The van der Waals surface area contributed by atoms with E-state index in [1.54, 1.807) is 24.3 Å². The lowest BCUT2D eigenvalue weighted by atomic mass is 10.1. The average Bonchev–Trinajstić information content (AvgIpc) is 3.50. The second-order valence-corrected chi connectivity index (χ2v) is 12.7. The minimum atomic E-state index is -4.14. The van der Waals surface area contributed by atoms with E-state index in [-0.39, 0.29) is 23.4 Å². The predicted octanol–water partition coefficient (Wildman–Crippen LogP) is 5.37. The number of amides is 2. The van der Waals surface area contributed by atoms with Gasteiger partial charge >= 0.3 is 0 Å². The molecule has 1 aliphatic rings. The van der Waals surface area contributed by atoms with Crippen molar-refractivity contribution < 1.29 is 22.7 Å². The maximum absolute atomic E-state index is 14.2. The Morgan fingerprint density at radius 1 is 0.952 bits per heavy atom. The summed E-state index contributed by atoms with van der Waals surface area (Å²) in [6.45, 7) is 5.48. The zero-order valence-corrected chi connectivity index (χ0v) is 25.7.